The second-order valence-corrected chi connectivity index (χ2v) is 7.02. The van der Waals surface area contributed by atoms with E-state index in [9.17, 15) is 14.4 Å². The predicted molar refractivity (Wildman–Crippen MR) is 117 cm³/mol. The maximum absolute atomic E-state index is 12.9. The molecule has 0 unspecified atom stereocenters. The van der Waals surface area contributed by atoms with E-state index in [1.165, 1.54) is 29.8 Å². The first-order chi connectivity index (χ1) is 14.8. The average molecular weight is 424 g/mol. The van der Waals surface area contributed by atoms with Gasteiger partial charge in [-0.15, -0.1) is 0 Å². The van der Waals surface area contributed by atoms with Crippen LogP contribution in [0.5, 0.6) is 11.5 Å². The van der Waals surface area contributed by atoms with Crippen LogP contribution in [0.15, 0.2) is 47.4 Å². The molecular weight excluding hydrogens is 400 g/mol. The van der Waals surface area contributed by atoms with Crippen LogP contribution < -0.4 is 20.5 Å². The minimum Gasteiger partial charge on any atom is -0.493 e. The Morgan fingerprint density at radius 3 is 2.16 bits per heavy atom. The smallest absolute Gasteiger partial charge is 0.330 e. The number of anilines is 1. The number of imidazole rings is 1. The van der Waals surface area contributed by atoms with Crippen LogP contribution in [-0.2, 0) is 0 Å². The Bertz CT molecular complexity index is 1180. The van der Waals surface area contributed by atoms with Gasteiger partial charge in [0.25, 0.3) is 11.8 Å². The molecule has 0 aliphatic rings. The van der Waals surface area contributed by atoms with Crippen molar-refractivity contribution in [3.05, 3.63) is 69.9 Å². The number of rotatable bonds is 6. The zero-order valence-electron chi connectivity index (χ0n) is 18.0. The monoisotopic (exact) mass is 424 g/mol. The Morgan fingerprint density at radius 1 is 1.03 bits per heavy atom. The molecule has 0 aliphatic heterocycles. The lowest BCUT2D eigenvalue weighted by atomic mass is 10.1. The number of H-pyrrole nitrogens is 1. The van der Waals surface area contributed by atoms with Crippen LogP contribution >= 0.6 is 0 Å². The van der Waals surface area contributed by atoms with Gasteiger partial charge in [-0.3, -0.25) is 14.2 Å². The van der Waals surface area contributed by atoms with Crippen molar-refractivity contribution in [2.75, 3.05) is 33.6 Å². The normalized spacial score (nSPS) is 10.5. The second kappa shape index (κ2) is 8.78. The van der Waals surface area contributed by atoms with E-state index in [4.69, 9.17) is 9.47 Å². The van der Waals surface area contributed by atoms with Gasteiger partial charge >= 0.3 is 5.69 Å². The number of nitrogens with one attached hydrogen (secondary N) is 2. The summed E-state index contributed by atoms with van der Waals surface area (Å²) >= 11 is 0. The van der Waals surface area contributed by atoms with E-state index in [0.717, 1.165) is 5.69 Å². The summed E-state index contributed by atoms with van der Waals surface area (Å²) in [6.07, 6.45) is 1.61. The molecule has 1 aromatic heterocycles. The zero-order chi connectivity index (χ0) is 22.7. The molecule has 0 aliphatic carbocycles. The Balaban J connectivity index is 1.94. The number of ether oxygens (including phenoxy) is 2. The van der Waals surface area contributed by atoms with Crippen molar-refractivity contribution in [3.63, 3.8) is 0 Å². The minimum atomic E-state index is -0.412. The van der Waals surface area contributed by atoms with Gasteiger partial charge in [0.05, 0.1) is 31.2 Å². The van der Waals surface area contributed by atoms with Gasteiger partial charge in [0.1, 0.15) is 0 Å². The van der Waals surface area contributed by atoms with E-state index in [-0.39, 0.29) is 17.2 Å². The highest BCUT2D eigenvalue weighted by atomic mass is 16.5. The van der Waals surface area contributed by atoms with Gasteiger partial charge < -0.3 is 24.7 Å². The standard InChI is InChI=1S/C22H24N4O5/c1-13-12-23-22(29)26(13)15-8-6-14(7-9-15)20(27)24-17-11-19(31-5)18(30-4)10-16(17)21(28)25(2)3/h6-12H,1-5H3,(H,23,29)(H,24,27). The van der Waals surface area contributed by atoms with Crippen LogP contribution in [0.2, 0.25) is 0 Å². The van der Waals surface area contributed by atoms with Crippen LogP contribution in [0, 0.1) is 6.92 Å². The molecule has 9 nitrogen and oxygen atoms in total. The highest BCUT2D eigenvalue weighted by Gasteiger charge is 2.20. The van der Waals surface area contributed by atoms with Crippen molar-refractivity contribution in [1.82, 2.24) is 14.5 Å². The van der Waals surface area contributed by atoms with Gasteiger partial charge in [0, 0.05) is 37.6 Å². The second-order valence-electron chi connectivity index (χ2n) is 7.02. The average Bonchev–Trinajstić information content (AvgIpc) is 3.10. The molecule has 3 rings (SSSR count). The molecule has 1 heterocycles. The Kier molecular flexibility index (Phi) is 6.15. The van der Waals surface area contributed by atoms with E-state index in [1.54, 1.807) is 57.5 Å². The third kappa shape index (κ3) is 4.30. The van der Waals surface area contributed by atoms with Crippen LogP contribution in [-0.4, -0.2) is 54.6 Å². The number of carbonyl (C=O) groups is 2. The number of hydrogen-bond donors (Lipinski definition) is 2. The van der Waals surface area contributed by atoms with Gasteiger partial charge in [-0.25, -0.2) is 4.79 Å². The molecule has 0 spiro atoms. The molecule has 0 saturated carbocycles. The van der Waals surface area contributed by atoms with E-state index < -0.39 is 5.91 Å². The minimum absolute atomic E-state index is 0.258. The zero-order valence-corrected chi connectivity index (χ0v) is 18.0. The molecular formula is C22H24N4O5. The number of aromatic nitrogens is 2. The lowest BCUT2D eigenvalue weighted by Gasteiger charge is -2.18. The Morgan fingerprint density at radius 2 is 1.65 bits per heavy atom. The van der Waals surface area contributed by atoms with Gasteiger partial charge in [-0.05, 0) is 37.3 Å². The molecule has 0 saturated heterocycles. The van der Waals surface area contributed by atoms with Crippen LogP contribution in [0.1, 0.15) is 26.4 Å². The van der Waals surface area contributed by atoms with Crippen LogP contribution in [0.4, 0.5) is 5.69 Å². The molecule has 2 aromatic carbocycles. The lowest BCUT2D eigenvalue weighted by Crippen LogP contribution is -2.24. The fourth-order valence-corrected chi connectivity index (χ4v) is 3.13. The summed E-state index contributed by atoms with van der Waals surface area (Å²) in [7, 11) is 6.18. The number of aromatic amines is 1. The summed E-state index contributed by atoms with van der Waals surface area (Å²) in [6.45, 7) is 1.80. The van der Waals surface area contributed by atoms with Gasteiger partial charge in [-0.2, -0.15) is 0 Å². The Labute approximate surface area is 179 Å². The van der Waals surface area contributed by atoms with Crippen molar-refractivity contribution in [2.45, 2.75) is 6.92 Å². The summed E-state index contributed by atoms with van der Waals surface area (Å²) < 4.78 is 12.1. The number of carbonyl (C=O) groups excluding carboxylic acids is 2. The summed E-state index contributed by atoms with van der Waals surface area (Å²) in [5.74, 6) is 0.0479. The number of hydrogen-bond acceptors (Lipinski definition) is 5. The van der Waals surface area contributed by atoms with Gasteiger partial charge in [0.15, 0.2) is 11.5 Å². The summed E-state index contributed by atoms with van der Waals surface area (Å²) in [5, 5.41) is 2.77. The maximum atomic E-state index is 12.9. The number of aryl methyl sites for hydroxylation is 1. The molecule has 0 bridgehead atoms. The molecule has 0 fully saturated rings. The summed E-state index contributed by atoms with van der Waals surface area (Å²) in [6, 6.07) is 9.65. The van der Waals surface area contributed by atoms with E-state index in [1.807, 2.05) is 0 Å². The molecule has 9 heteroatoms. The molecule has 2 N–H and O–H groups in total. The van der Waals surface area contributed by atoms with E-state index in [2.05, 4.69) is 10.3 Å². The van der Waals surface area contributed by atoms with Crippen LogP contribution in [0.3, 0.4) is 0 Å². The number of methoxy groups -OCH3 is 2. The van der Waals surface area contributed by atoms with E-state index in [0.29, 0.717) is 28.4 Å². The number of benzene rings is 2. The van der Waals surface area contributed by atoms with Crippen LogP contribution in [0.25, 0.3) is 5.69 Å². The third-order valence-electron chi connectivity index (χ3n) is 4.76. The van der Waals surface area contributed by atoms with Crippen molar-refractivity contribution in [2.24, 2.45) is 0 Å². The quantitative estimate of drug-likeness (QED) is 0.632. The fraction of sp³-hybridized carbons (Fsp3) is 0.227. The SMILES string of the molecule is COc1cc(NC(=O)c2ccc(-n3c(C)c[nH]c3=O)cc2)c(C(=O)N(C)C)cc1OC. The van der Waals surface area contributed by atoms with Crippen molar-refractivity contribution in [1.29, 1.82) is 0 Å². The first-order valence-electron chi connectivity index (χ1n) is 9.43. The molecule has 0 radical (unpaired) electrons. The molecule has 31 heavy (non-hydrogen) atoms. The third-order valence-corrected chi connectivity index (χ3v) is 4.76. The first-order valence-corrected chi connectivity index (χ1v) is 9.43. The van der Waals surface area contributed by atoms with Crippen molar-refractivity contribution >= 4 is 17.5 Å². The summed E-state index contributed by atoms with van der Waals surface area (Å²) in [5.41, 5.74) is 2.05. The highest BCUT2D eigenvalue weighted by Crippen LogP contribution is 2.34. The van der Waals surface area contributed by atoms with Crippen molar-refractivity contribution in [3.8, 4) is 17.2 Å². The topological polar surface area (TPSA) is 106 Å². The lowest BCUT2D eigenvalue weighted by molar-refractivity contribution is 0.0828. The summed E-state index contributed by atoms with van der Waals surface area (Å²) in [4.78, 5) is 41.5. The molecule has 0 atom stereocenters. The predicted octanol–water partition coefficient (Wildman–Crippen LogP) is 2.45. The maximum Gasteiger partial charge on any atom is 0.330 e. The molecule has 2 amide bonds. The molecule has 3 aromatic rings. The first kappa shape index (κ1) is 21.7. The van der Waals surface area contributed by atoms with Gasteiger partial charge in [-0.1, -0.05) is 0 Å². The van der Waals surface area contributed by atoms with Crippen molar-refractivity contribution < 1.29 is 19.1 Å². The largest absolute Gasteiger partial charge is 0.493 e. The number of nitrogens with zero attached hydrogens (tertiary/aromatic N) is 2. The number of amides is 2. The molecule has 162 valence electrons. The fourth-order valence-electron chi connectivity index (χ4n) is 3.13. The van der Waals surface area contributed by atoms with E-state index >= 15 is 0 Å². The Hall–Kier alpha value is -4.01. The van der Waals surface area contributed by atoms with Gasteiger partial charge in [0.2, 0.25) is 0 Å². The highest BCUT2D eigenvalue weighted by molar-refractivity contribution is 6.09.